The van der Waals surface area contributed by atoms with Crippen molar-refractivity contribution in [3.8, 4) is 55.6 Å². The van der Waals surface area contributed by atoms with E-state index in [4.69, 9.17) is 0 Å². The Labute approximate surface area is 326 Å². The van der Waals surface area contributed by atoms with Gasteiger partial charge in [-0.15, -0.1) is 0 Å². The van der Waals surface area contributed by atoms with Gasteiger partial charge in [0.25, 0.3) is 0 Å². The number of rotatable bonds is 5. The molecule has 0 atom stereocenters. The Morgan fingerprint density at radius 1 is 0.179 bits per heavy atom. The summed E-state index contributed by atoms with van der Waals surface area (Å²) in [5.74, 6) is 0. The molecule has 56 heavy (non-hydrogen) atoms. The normalized spacial score (nSPS) is 11.6. The molecule has 0 saturated heterocycles. The third-order valence-electron chi connectivity index (χ3n) is 11.6. The van der Waals surface area contributed by atoms with Crippen LogP contribution in [0, 0.1) is 0 Å². The van der Waals surface area contributed by atoms with Crippen LogP contribution in [0.5, 0.6) is 0 Å². The van der Waals surface area contributed by atoms with Crippen LogP contribution >= 0.6 is 0 Å². The van der Waals surface area contributed by atoms with E-state index in [0.717, 1.165) is 0 Å². The van der Waals surface area contributed by atoms with Crippen LogP contribution in [0.3, 0.4) is 0 Å². The van der Waals surface area contributed by atoms with Crippen LogP contribution in [0.4, 0.5) is 0 Å². The molecule has 11 rings (SSSR count). The summed E-state index contributed by atoms with van der Waals surface area (Å²) in [6, 6.07) is 80.6. The van der Waals surface area contributed by atoms with Crippen molar-refractivity contribution >= 4 is 53.9 Å². The molecule has 11 aromatic rings. The van der Waals surface area contributed by atoms with E-state index in [1.807, 2.05) is 0 Å². The molecule has 0 spiro atoms. The Morgan fingerprint density at radius 3 is 1.34 bits per heavy atom. The van der Waals surface area contributed by atoms with Crippen LogP contribution in [-0.2, 0) is 0 Å². The first-order valence-corrected chi connectivity index (χ1v) is 19.4. The monoisotopic (exact) mass is 708 g/mol. The number of hydrogen-bond donors (Lipinski definition) is 0. The molecule has 0 aromatic heterocycles. The van der Waals surface area contributed by atoms with Crippen molar-refractivity contribution in [2.45, 2.75) is 0 Å². The van der Waals surface area contributed by atoms with Gasteiger partial charge in [0.15, 0.2) is 0 Å². The fourth-order valence-electron chi connectivity index (χ4n) is 8.88. The third kappa shape index (κ3) is 5.46. The SMILES string of the molecule is c1ccc(-c2cc(-c3ccc4ccccc4c3)cc(-c3c4ccccc4c(-c4cccc5ccccc45)c4ccc(-c5ccc6ccccc6c5)cc34)c2)cc1. The Kier molecular flexibility index (Phi) is 7.60. The minimum Gasteiger partial charge on any atom is -0.0622 e. The lowest BCUT2D eigenvalue weighted by molar-refractivity contribution is 1.59. The van der Waals surface area contributed by atoms with Crippen molar-refractivity contribution in [2.24, 2.45) is 0 Å². The highest BCUT2D eigenvalue weighted by molar-refractivity contribution is 6.24. The van der Waals surface area contributed by atoms with Gasteiger partial charge in [0.05, 0.1) is 0 Å². The summed E-state index contributed by atoms with van der Waals surface area (Å²) in [5.41, 5.74) is 12.2. The van der Waals surface area contributed by atoms with E-state index < -0.39 is 0 Å². The highest BCUT2D eigenvalue weighted by Gasteiger charge is 2.20. The first kappa shape index (κ1) is 32.2. The number of hydrogen-bond acceptors (Lipinski definition) is 0. The zero-order valence-corrected chi connectivity index (χ0v) is 30.8. The maximum absolute atomic E-state index is 2.45. The molecule has 0 aliphatic carbocycles. The molecule has 0 heteroatoms. The van der Waals surface area contributed by atoms with E-state index in [-0.39, 0.29) is 0 Å². The quantitative estimate of drug-likeness (QED) is 0.156. The smallest absolute Gasteiger partial charge is 0.00201 e. The van der Waals surface area contributed by atoms with Gasteiger partial charge in [-0.3, -0.25) is 0 Å². The second-order valence-electron chi connectivity index (χ2n) is 14.9. The van der Waals surface area contributed by atoms with Crippen LogP contribution in [0.1, 0.15) is 0 Å². The highest BCUT2D eigenvalue weighted by atomic mass is 14.2. The van der Waals surface area contributed by atoms with Gasteiger partial charge in [-0.2, -0.15) is 0 Å². The van der Waals surface area contributed by atoms with E-state index in [2.05, 4.69) is 218 Å². The predicted molar refractivity (Wildman–Crippen MR) is 241 cm³/mol. The van der Waals surface area contributed by atoms with Gasteiger partial charge in [0, 0.05) is 0 Å². The van der Waals surface area contributed by atoms with Gasteiger partial charge in [-0.1, -0.05) is 182 Å². The van der Waals surface area contributed by atoms with Crippen LogP contribution in [0.2, 0.25) is 0 Å². The van der Waals surface area contributed by atoms with E-state index >= 15 is 0 Å². The van der Waals surface area contributed by atoms with E-state index in [1.54, 1.807) is 0 Å². The largest absolute Gasteiger partial charge is 0.0622 e. The van der Waals surface area contributed by atoms with Gasteiger partial charge in [-0.25, -0.2) is 0 Å². The summed E-state index contributed by atoms with van der Waals surface area (Å²) in [6.07, 6.45) is 0. The lowest BCUT2D eigenvalue weighted by Gasteiger charge is -2.21. The first-order valence-electron chi connectivity index (χ1n) is 19.4. The fraction of sp³-hybridized carbons (Fsp3) is 0. The molecule has 0 N–H and O–H groups in total. The van der Waals surface area contributed by atoms with Gasteiger partial charge >= 0.3 is 0 Å². The van der Waals surface area contributed by atoms with Crippen molar-refractivity contribution in [3.63, 3.8) is 0 Å². The first-order chi connectivity index (χ1) is 27.7. The van der Waals surface area contributed by atoms with Gasteiger partial charge in [-0.05, 0) is 146 Å². The summed E-state index contributed by atoms with van der Waals surface area (Å²) in [7, 11) is 0. The molecule has 260 valence electrons. The van der Waals surface area contributed by atoms with Crippen molar-refractivity contribution < 1.29 is 0 Å². The van der Waals surface area contributed by atoms with Gasteiger partial charge < -0.3 is 0 Å². The zero-order valence-electron chi connectivity index (χ0n) is 30.8. The number of benzene rings is 11. The molecule has 0 radical (unpaired) electrons. The standard InChI is InChI=1S/C56H36/c1-2-13-37(14-3-1)46-33-47(44-28-26-39-16-5-7-19-42(39)32-44)35-48(34-46)55-51-22-10-11-23-52(51)56(50-24-12-20-40-17-8-9-21-49(40)50)53-30-29-45(36-54(53)55)43-27-25-38-15-4-6-18-41(38)31-43/h1-36H. The molecule has 0 heterocycles. The van der Waals surface area contributed by atoms with E-state index in [0.29, 0.717) is 0 Å². The minimum atomic E-state index is 1.20. The van der Waals surface area contributed by atoms with Crippen molar-refractivity contribution in [3.05, 3.63) is 218 Å². The summed E-state index contributed by atoms with van der Waals surface area (Å²) < 4.78 is 0. The minimum absolute atomic E-state index is 1.20. The topological polar surface area (TPSA) is 0 Å². The average molecular weight is 709 g/mol. The molecule has 0 aliphatic rings. The summed E-state index contributed by atoms with van der Waals surface area (Å²) in [4.78, 5) is 0. The maximum atomic E-state index is 2.45. The summed E-state index contributed by atoms with van der Waals surface area (Å²) in [5, 5.41) is 12.5. The Hall–Kier alpha value is -7.28. The second-order valence-corrected chi connectivity index (χ2v) is 14.9. The molecule has 0 unspecified atom stereocenters. The second kappa shape index (κ2) is 13.2. The van der Waals surface area contributed by atoms with Crippen molar-refractivity contribution in [1.29, 1.82) is 0 Å². The number of fused-ring (bicyclic) bond motifs is 5. The van der Waals surface area contributed by atoms with E-state index in [9.17, 15) is 0 Å². The maximum Gasteiger partial charge on any atom is -0.00201 e. The third-order valence-corrected chi connectivity index (χ3v) is 11.6. The molecular weight excluding hydrogens is 673 g/mol. The Bertz CT molecular complexity index is 3290. The van der Waals surface area contributed by atoms with Crippen molar-refractivity contribution in [1.82, 2.24) is 0 Å². The van der Waals surface area contributed by atoms with Crippen molar-refractivity contribution in [2.75, 3.05) is 0 Å². The molecule has 0 saturated carbocycles. The summed E-state index contributed by atoms with van der Waals surface area (Å²) in [6.45, 7) is 0. The summed E-state index contributed by atoms with van der Waals surface area (Å²) >= 11 is 0. The van der Waals surface area contributed by atoms with Crippen LogP contribution in [0.25, 0.3) is 109 Å². The predicted octanol–water partition coefficient (Wildman–Crippen LogP) is 15.8. The molecule has 0 fully saturated rings. The lowest BCUT2D eigenvalue weighted by atomic mass is 9.82. The lowest BCUT2D eigenvalue weighted by Crippen LogP contribution is -1.94. The van der Waals surface area contributed by atoms with Gasteiger partial charge in [0.1, 0.15) is 0 Å². The molecule has 0 bridgehead atoms. The van der Waals surface area contributed by atoms with Crippen LogP contribution < -0.4 is 0 Å². The van der Waals surface area contributed by atoms with Crippen LogP contribution in [0.15, 0.2) is 218 Å². The van der Waals surface area contributed by atoms with Gasteiger partial charge in [0.2, 0.25) is 0 Å². The Morgan fingerprint density at radius 2 is 0.643 bits per heavy atom. The fourth-order valence-corrected chi connectivity index (χ4v) is 8.88. The molecule has 0 amide bonds. The molecule has 0 aliphatic heterocycles. The molecule has 11 aromatic carbocycles. The average Bonchev–Trinajstić information content (AvgIpc) is 3.27. The molecular formula is C56H36. The Balaban J connectivity index is 1.25. The van der Waals surface area contributed by atoms with E-state index in [1.165, 1.54) is 109 Å². The zero-order chi connectivity index (χ0) is 37.0. The highest BCUT2D eigenvalue weighted by Crippen LogP contribution is 2.47. The van der Waals surface area contributed by atoms with Crippen LogP contribution in [-0.4, -0.2) is 0 Å². The molecule has 0 nitrogen and oxygen atoms in total.